The van der Waals surface area contributed by atoms with E-state index in [0.29, 0.717) is 0 Å². The van der Waals surface area contributed by atoms with Gasteiger partial charge >= 0.3 is 0 Å². The molecule has 10 aromatic rings. The highest BCUT2D eigenvalue weighted by molar-refractivity contribution is 7.19. The molecule has 0 N–H and O–H groups in total. The van der Waals surface area contributed by atoms with Crippen molar-refractivity contribution in [1.29, 1.82) is 0 Å². The van der Waals surface area contributed by atoms with Crippen LogP contribution in [0.15, 0.2) is 206 Å². The molecule has 0 aliphatic rings. The Balaban J connectivity index is 1.18. The smallest absolute Gasteiger partial charge is 0.179 e. The van der Waals surface area contributed by atoms with E-state index in [1.807, 2.05) is 0 Å². The van der Waals surface area contributed by atoms with Gasteiger partial charge in [-0.05, 0) is 69.3 Å². The zero-order chi connectivity index (χ0) is 33.8. The van der Waals surface area contributed by atoms with Crippen LogP contribution in [0.1, 0.15) is 0 Å². The zero-order valence-electron chi connectivity index (χ0n) is 28.0. The second-order valence-electron chi connectivity index (χ2n) is 13.3. The van der Waals surface area contributed by atoms with Gasteiger partial charge in [-0.1, -0.05) is 158 Å². The fourth-order valence-corrected chi connectivity index (χ4v) is 13.2. The summed E-state index contributed by atoms with van der Waals surface area (Å²) in [6.45, 7) is 0. The Labute approximate surface area is 298 Å². The number of aromatic nitrogens is 2. The Bertz CT molecular complexity index is 2680. The van der Waals surface area contributed by atoms with Crippen LogP contribution in [0.25, 0.3) is 55.0 Å². The molecule has 2 heterocycles. The molecular formula is C48H34N2Si. The summed E-state index contributed by atoms with van der Waals surface area (Å²) in [5.41, 5.74) is 7.18. The van der Waals surface area contributed by atoms with Crippen LogP contribution in [0.5, 0.6) is 0 Å². The summed E-state index contributed by atoms with van der Waals surface area (Å²) in [7, 11) is -2.61. The Kier molecular flexibility index (Phi) is 6.86. The van der Waals surface area contributed by atoms with Gasteiger partial charge in [0.15, 0.2) is 8.07 Å². The van der Waals surface area contributed by atoms with Crippen molar-refractivity contribution in [2.75, 3.05) is 0 Å². The lowest BCUT2D eigenvalue weighted by molar-refractivity contribution is 1.17. The maximum atomic E-state index is 2.43. The van der Waals surface area contributed by atoms with E-state index in [0.717, 1.165) is 5.69 Å². The van der Waals surface area contributed by atoms with Gasteiger partial charge in [0.1, 0.15) is 0 Å². The molecule has 51 heavy (non-hydrogen) atoms. The third-order valence-electron chi connectivity index (χ3n) is 10.7. The fourth-order valence-electron chi connectivity index (χ4n) is 8.50. The molecule has 8 aromatic carbocycles. The van der Waals surface area contributed by atoms with Crippen LogP contribution in [0.4, 0.5) is 0 Å². The molecule has 0 saturated heterocycles. The van der Waals surface area contributed by atoms with Crippen molar-refractivity contribution in [3.05, 3.63) is 206 Å². The first-order chi connectivity index (χ1) is 25.3. The van der Waals surface area contributed by atoms with Crippen molar-refractivity contribution in [3.8, 4) is 11.4 Å². The van der Waals surface area contributed by atoms with Crippen molar-refractivity contribution in [3.63, 3.8) is 0 Å². The first-order valence-electron chi connectivity index (χ1n) is 17.6. The van der Waals surface area contributed by atoms with E-state index in [9.17, 15) is 0 Å². The van der Waals surface area contributed by atoms with Crippen molar-refractivity contribution >= 4 is 72.4 Å². The average Bonchev–Trinajstić information content (AvgIpc) is 3.72. The lowest BCUT2D eigenvalue weighted by Crippen LogP contribution is -2.74. The first kappa shape index (κ1) is 29.5. The Morgan fingerprint density at radius 3 is 1.06 bits per heavy atom. The van der Waals surface area contributed by atoms with Gasteiger partial charge in [0, 0.05) is 32.9 Å². The SMILES string of the molecule is c1ccc([Si](c2ccccc2)(c2ccccc2)c2ccc(-n3c4ccccc4c4cc(-n5c6ccccc6c6ccccc65)ccc43)cc2)cc1. The number of rotatable bonds is 6. The predicted octanol–water partition coefficient (Wildman–Crippen LogP) is 9.26. The molecule has 0 aliphatic heterocycles. The summed E-state index contributed by atoms with van der Waals surface area (Å²) in [6.07, 6.45) is 0. The predicted molar refractivity (Wildman–Crippen MR) is 219 cm³/mol. The molecule has 0 atom stereocenters. The van der Waals surface area contributed by atoms with Gasteiger partial charge in [0.25, 0.3) is 0 Å². The Morgan fingerprint density at radius 1 is 0.255 bits per heavy atom. The van der Waals surface area contributed by atoms with Crippen LogP contribution in [0, 0.1) is 0 Å². The van der Waals surface area contributed by atoms with E-state index in [-0.39, 0.29) is 0 Å². The van der Waals surface area contributed by atoms with Crippen molar-refractivity contribution in [2.24, 2.45) is 0 Å². The van der Waals surface area contributed by atoms with E-state index < -0.39 is 8.07 Å². The van der Waals surface area contributed by atoms with Gasteiger partial charge in [0.2, 0.25) is 0 Å². The standard InChI is InChI=1S/C48H34N2Si/c1-4-16-37(17-5-1)51(38-18-6-2-7-19-38,39-20-8-3-9-21-39)40-31-28-35(29-32-40)49-47-27-15-12-24-43(47)44-34-36(30-33-48(44)49)50-45-25-13-10-22-41(45)42-23-11-14-26-46(42)50/h1-34H. The van der Waals surface area contributed by atoms with Crippen molar-refractivity contribution in [1.82, 2.24) is 9.13 Å². The lowest BCUT2D eigenvalue weighted by Gasteiger charge is -2.34. The molecule has 2 aromatic heterocycles. The van der Waals surface area contributed by atoms with Crippen LogP contribution in [0.2, 0.25) is 0 Å². The minimum atomic E-state index is -2.61. The van der Waals surface area contributed by atoms with E-state index in [2.05, 4.69) is 215 Å². The maximum Gasteiger partial charge on any atom is 0.179 e. The summed E-state index contributed by atoms with van der Waals surface area (Å²) < 4.78 is 4.84. The van der Waals surface area contributed by atoms with E-state index in [1.54, 1.807) is 0 Å². The maximum absolute atomic E-state index is 2.61. The van der Waals surface area contributed by atoms with Crippen molar-refractivity contribution in [2.45, 2.75) is 0 Å². The molecule has 0 fully saturated rings. The quantitative estimate of drug-likeness (QED) is 0.124. The third-order valence-corrected chi connectivity index (χ3v) is 15.5. The zero-order valence-corrected chi connectivity index (χ0v) is 29.0. The summed E-state index contributed by atoms with van der Waals surface area (Å²) >= 11 is 0. The molecule has 0 spiro atoms. The number of benzene rings is 8. The van der Waals surface area contributed by atoms with E-state index in [4.69, 9.17) is 0 Å². The molecule has 0 radical (unpaired) electrons. The average molecular weight is 667 g/mol. The lowest BCUT2D eigenvalue weighted by atomic mass is 10.1. The molecule has 240 valence electrons. The third kappa shape index (κ3) is 4.49. The molecule has 0 aliphatic carbocycles. The normalized spacial score (nSPS) is 11.9. The van der Waals surface area contributed by atoms with Crippen LogP contribution < -0.4 is 20.7 Å². The van der Waals surface area contributed by atoms with E-state index >= 15 is 0 Å². The van der Waals surface area contributed by atoms with Crippen molar-refractivity contribution < 1.29 is 0 Å². The van der Waals surface area contributed by atoms with Gasteiger partial charge in [-0.25, -0.2) is 0 Å². The molecule has 0 amide bonds. The van der Waals surface area contributed by atoms with Gasteiger partial charge < -0.3 is 9.13 Å². The van der Waals surface area contributed by atoms with Gasteiger partial charge in [-0.2, -0.15) is 0 Å². The van der Waals surface area contributed by atoms with Crippen LogP contribution >= 0.6 is 0 Å². The number of fused-ring (bicyclic) bond motifs is 6. The summed E-state index contributed by atoms with van der Waals surface area (Å²) in [4.78, 5) is 0. The highest BCUT2D eigenvalue weighted by Crippen LogP contribution is 2.36. The number of hydrogen-bond acceptors (Lipinski definition) is 0. The monoisotopic (exact) mass is 666 g/mol. The van der Waals surface area contributed by atoms with Gasteiger partial charge in [0.05, 0.1) is 22.1 Å². The molecule has 0 bridgehead atoms. The topological polar surface area (TPSA) is 9.86 Å². The number of nitrogens with zero attached hydrogens (tertiary/aromatic N) is 2. The number of para-hydroxylation sites is 3. The highest BCUT2D eigenvalue weighted by Gasteiger charge is 2.41. The second-order valence-corrected chi connectivity index (χ2v) is 17.1. The largest absolute Gasteiger partial charge is 0.309 e. The Morgan fingerprint density at radius 2 is 0.588 bits per heavy atom. The minimum Gasteiger partial charge on any atom is -0.309 e. The molecular weight excluding hydrogens is 633 g/mol. The molecule has 2 nitrogen and oxygen atoms in total. The summed E-state index contributed by atoms with van der Waals surface area (Å²) in [5.74, 6) is 0. The van der Waals surface area contributed by atoms with Gasteiger partial charge in [-0.3, -0.25) is 0 Å². The molecule has 0 unspecified atom stereocenters. The van der Waals surface area contributed by atoms with Crippen LogP contribution in [-0.2, 0) is 0 Å². The minimum absolute atomic E-state index is 1.16. The first-order valence-corrected chi connectivity index (χ1v) is 19.6. The van der Waals surface area contributed by atoms with Crippen LogP contribution in [0.3, 0.4) is 0 Å². The van der Waals surface area contributed by atoms with Crippen LogP contribution in [-0.4, -0.2) is 17.2 Å². The Hall–Kier alpha value is -6.42. The highest BCUT2D eigenvalue weighted by atomic mass is 28.3. The summed E-state index contributed by atoms with van der Waals surface area (Å²) in [6, 6.07) is 76.1. The molecule has 10 rings (SSSR count). The molecule has 0 saturated carbocycles. The summed E-state index contributed by atoms with van der Waals surface area (Å²) in [5, 5.41) is 10.5. The van der Waals surface area contributed by atoms with Gasteiger partial charge in [-0.15, -0.1) is 0 Å². The number of hydrogen-bond donors (Lipinski definition) is 0. The molecule has 3 heteroatoms. The fraction of sp³-hybridized carbons (Fsp3) is 0. The van der Waals surface area contributed by atoms with E-state index in [1.165, 1.54) is 70.0 Å². The second kappa shape index (κ2) is 11.9.